The van der Waals surface area contributed by atoms with Gasteiger partial charge in [0, 0.05) is 12.1 Å². The Bertz CT molecular complexity index is 305. The van der Waals surface area contributed by atoms with E-state index in [9.17, 15) is 9.59 Å². The second kappa shape index (κ2) is 8.87. The van der Waals surface area contributed by atoms with Gasteiger partial charge in [-0.05, 0) is 25.7 Å². The molecule has 0 aromatic rings. The Morgan fingerprint density at radius 1 is 0.810 bits per heavy atom. The van der Waals surface area contributed by atoms with Crippen molar-refractivity contribution < 1.29 is 9.59 Å². The summed E-state index contributed by atoms with van der Waals surface area (Å²) in [7, 11) is 0. The Kier molecular flexibility index (Phi) is 6.79. The molecule has 2 fully saturated rings. The van der Waals surface area contributed by atoms with Crippen LogP contribution < -0.4 is 21.5 Å². The lowest BCUT2D eigenvalue weighted by Crippen LogP contribution is -2.48. The summed E-state index contributed by atoms with van der Waals surface area (Å²) in [5.41, 5.74) is 6.24. The maximum atomic E-state index is 11.7. The van der Waals surface area contributed by atoms with Crippen molar-refractivity contribution in [1.82, 2.24) is 21.5 Å². The highest BCUT2D eigenvalue weighted by Gasteiger charge is 2.17. The van der Waals surface area contributed by atoms with Gasteiger partial charge in [0.05, 0.1) is 0 Å². The lowest BCUT2D eigenvalue weighted by Gasteiger charge is -2.23. The van der Waals surface area contributed by atoms with E-state index in [1.807, 2.05) is 0 Å². The number of hydrogen-bond acceptors (Lipinski definition) is 2. The number of carbonyl (C=O) groups excluding carboxylic acids is 2. The molecule has 0 aromatic carbocycles. The SMILES string of the molecule is O=C(C[N]NC(=O)NC1CCCCC1)NC1CCCCC1. The number of urea groups is 1. The van der Waals surface area contributed by atoms with Crippen molar-refractivity contribution in [1.29, 1.82) is 0 Å². The van der Waals surface area contributed by atoms with Gasteiger partial charge in [0.2, 0.25) is 5.91 Å². The van der Waals surface area contributed by atoms with E-state index in [1.54, 1.807) is 0 Å². The molecule has 0 spiro atoms. The van der Waals surface area contributed by atoms with Crippen molar-refractivity contribution >= 4 is 11.9 Å². The summed E-state index contributed by atoms with van der Waals surface area (Å²) in [4.78, 5) is 23.3. The highest BCUT2D eigenvalue weighted by Crippen LogP contribution is 2.17. The third-order valence-corrected chi connectivity index (χ3v) is 4.31. The van der Waals surface area contributed by atoms with Gasteiger partial charge in [-0.25, -0.2) is 4.79 Å². The monoisotopic (exact) mass is 295 g/mol. The van der Waals surface area contributed by atoms with Gasteiger partial charge >= 0.3 is 6.03 Å². The molecule has 3 N–H and O–H groups in total. The fraction of sp³-hybridized carbons (Fsp3) is 0.867. The Morgan fingerprint density at radius 2 is 1.33 bits per heavy atom. The summed E-state index contributed by atoms with van der Waals surface area (Å²) in [6.07, 6.45) is 11.4. The zero-order valence-electron chi connectivity index (χ0n) is 12.7. The van der Waals surface area contributed by atoms with E-state index in [-0.39, 0.29) is 30.6 Å². The predicted octanol–water partition coefficient (Wildman–Crippen LogP) is 1.59. The number of carbonyl (C=O) groups is 2. The third kappa shape index (κ3) is 6.33. The minimum Gasteiger partial charge on any atom is -0.352 e. The van der Waals surface area contributed by atoms with Gasteiger partial charge in [-0.1, -0.05) is 38.5 Å². The molecule has 6 heteroatoms. The molecule has 1 radical (unpaired) electrons. The minimum absolute atomic E-state index is 0.00537. The van der Waals surface area contributed by atoms with Crippen molar-refractivity contribution in [2.75, 3.05) is 6.54 Å². The Hall–Kier alpha value is -1.30. The van der Waals surface area contributed by atoms with Crippen LogP contribution in [0, 0.1) is 0 Å². The van der Waals surface area contributed by atoms with Crippen LogP contribution in [-0.4, -0.2) is 30.6 Å². The molecule has 0 unspecified atom stereocenters. The zero-order chi connectivity index (χ0) is 14.9. The number of nitrogens with one attached hydrogen (secondary N) is 3. The molecule has 3 amide bonds. The first kappa shape index (κ1) is 16.1. The highest BCUT2D eigenvalue weighted by atomic mass is 16.2. The Balaban J connectivity index is 1.53. The normalized spacial score (nSPS) is 20.8. The largest absolute Gasteiger partial charge is 0.352 e. The summed E-state index contributed by atoms with van der Waals surface area (Å²) in [6, 6.07) is 0.245. The first-order chi connectivity index (χ1) is 10.2. The van der Waals surface area contributed by atoms with E-state index >= 15 is 0 Å². The molecule has 0 atom stereocenters. The van der Waals surface area contributed by atoms with Gasteiger partial charge in [-0.2, -0.15) is 0 Å². The topological polar surface area (TPSA) is 84.3 Å². The van der Waals surface area contributed by atoms with Crippen LogP contribution in [0.1, 0.15) is 64.2 Å². The van der Waals surface area contributed by atoms with E-state index in [0.29, 0.717) is 0 Å². The smallest absolute Gasteiger partial charge is 0.330 e. The number of nitrogens with zero attached hydrogens (tertiary/aromatic N) is 1. The minimum atomic E-state index is -0.299. The van der Waals surface area contributed by atoms with Crippen molar-refractivity contribution in [2.24, 2.45) is 0 Å². The van der Waals surface area contributed by atoms with E-state index in [1.165, 1.54) is 38.5 Å². The van der Waals surface area contributed by atoms with E-state index in [4.69, 9.17) is 0 Å². The van der Waals surface area contributed by atoms with Crippen LogP contribution in [0.4, 0.5) is 4.79 Å². The Labute approximate surface area is 126 Å². The fourth-order valence-electron chi connectivity index (χ4n) is 3.17. The van der Waals surface area contributed by atoms with Crippen LogP contribution in [0.2, 0.25) is 0 Å². The average Bonchev–Trinajstić information content (AvgIpc) is 2.49. The van der Waals surface area contributed by atoms with Crippen LogP contribution in [0.15, 0.2) is 0 Å². The summed E-state index contributed by atoms with van der Waals surface area (Å²) < 4.78 is 0. The average molecular weight is 295 g/mol. The molecule has 2 aliphatic rings. The first-order valence-electron chi connectivity index (χ1n) is 8.26. The molecular weight excluding hydrogens is 268 g/mol. The third-order valence-electron chi connectivity index (χ3n) is 4.31. The van der Waals surface area contributed by atoms with E-state index < -0.39 is 0 Å². The summed E-state index contributed by atoms with van der Waals surface area (Å²) in [5, 5.41) is 5.87. The maximum absolute atomic E-state index is 11.7. The maximum Gasteiger partial charge on any atom is 0.330 e. The Morgan fingerprint density at radius 3 is 1.90 bits per heavy atom. The molecule has 0 heterocycles. The van der Waals surface area contributed by atoms with Crippen molar-refractivity contribution in [3.63, 3.8) is 0 Å². The molecule has 0 saturated heterocycles. The summed E-state index contributed by atoms with van der Waals surface area (Å²) in [5.74, 6) is -0.111. The number of hydrogen-bond donors (Lipinski definition) is 3. The van der Waals surface area contributed by atoms with Crippen molar-refractivity contribution in [3.8, 4) is 0 Å². The van der Waals surface area contributed by atoms with Gasteiger partial charge < -0.3 is 10.6 Å². The second-order valence-corrected chi connectivity index (χ2v) is 6.14. The number of rotatable bonds is 5. The van der Waals surface area contributed by atoms with E-state index in [0.717, 1.165) is 25.7 Å². The molecule has 0 aliphatic heterocycles. The second-order valence-electron chi connectivity index (χ2n) is 6.14. The van der Waals surface area contributed by atoms with Crippen LogP contribution in [0.5, 0.6) is 0 Å². The summed E-state index contributed by atoms with van der Waals surface area (Å²) >= 11 is 0. The van der Waals surface area contributed by atoms with Crippen LogP contribution in [0.25, 0.3) is 0 Å². The molecule has 0 bridgehead atoms. The van der Waals surface area contributed by atoms with Gasteiger partial charge in [-0.3, -0.25) is 10.2 Å². The van der Waals surface area contributed by atoms with Crippen LogP contribution in [-0.2, 0) is 4.79 Å². The molecule has 2 aliphatic carbocycles. The van der Waals surface area contributed by atoms with Gasteiger partial charge in [0.15, 0.2) is 0 Å². The van der Waals surface area contributed by atoms with Gasteiger partial charge in [0.1, 0.15) is 6.54 Å². The van der Waals surface area contributed by atoms with E-state index in [2.05, 4.69) is 21.5 Å². The molecular formula is C15H27N4O2. The molecule has 119 valence electrons. The lowest BCUT2D eigenvalue weighted by molar-refractivity contribution is -0.121. The van der Waals surface area contributed by atoms with Crippen LogP contribution >= 0.6 is 0 Å². The zero-order valence-corrected chi connectivity index (χ0v) is 12.7. The number of amides is 3. The fourth-order valence-corrected chi connectivity index (χ4v) is 3.17. The molecule has 21 heavy (non-hydrogen) atoms. The van der Waals surface area contributed by atoms with Gasteiger partial charge in [0.25, 0.3) is 0 Å². The molecule has 2 rings (SSSR count). The molecule has 0 aromatic heterocycles. The lowest BCUT2D eigenvalue weighted by atomic mass is 9.95. The highest BCUT2D eigenvalue weighted by molar-refractivity contribution is 5.79. The van der Waals surface area contributed by atoms with Crippen LogP contribution in [0.3, 0.4) is 0 Å². The quantitative estimate of drug-likeness (QED) is 0.673. The first-order valence-corrected chi connectivity index (χ1v) is 8.26. The van der Waals surface area contributed by atoms with Crippen molar-refractivity contribution in [3.05, 3.63) is 0 Å². The molecule has 6 nitrogen and oxygen atoms in total. The predicted molar refractivity (Wildman–Crippen MR) is 80.6 cm³/mol. The standard InChI is InChI=1S/C15H27N4O2/c20-14(17-12-7-3-1-4-8-12)11-16-19-15(21)18-13-9-5-2-6-10-13/h12-13H,1-11H2,(H,17,20)(H2,18,19,21). The molecule has 2 saturated carbocycles. The van der Waals surface area contributed by atoms with Crippen molar-refractivity contribution in [2.45, 2.75) is 76.3 Å². The van der Waals surface area contributed by atoms with Gasteiger partial charge in [-0.15, -0.1) is 5.43 Å². The summed E-state index contributed by atoms with van der Waals surface area (Å²) in [6.45, 7) is -0.00537.